The maximum Gasteiger partial charge on any atom is 0.338 e. The first-order valence-corrected chi connectivity index (χ1v) is 8.69. The standard InChI is InChI=1S/C21H22N2O3/c1-2-3-6-16-9-11-17(12-10-16)21(25)26-14-13-20(24)23-19-8-5-4-7-18(19)15-22/h4-5,7-12H,2-3,6,13-14H2,1H3,(H,23,24). The van der Waals surface area contributed by atoms with Gasteiger partial charge in [0.25, 0.3) is 0 Å². The van der Waals surface area contributed by atoms with Crippen LogP contribution in [0.3, 0.4) is 0 Å². The fourth-order valence-corrected chi connectivity index (χ4v) is 2.41. The Morgan fingerprint density at radius 3 is 2.54 bits per heavy atom. The van der Waals surface area contributed by atoms with Gasteiger partial charge >= 0.3 is 5.97 Å². The zero-order valence-corrected chi connectivity index (χ0v) is 14.8. The number of rotatable bonds is 8. The van der Waals surface area contributed by atoms with E-state index in [0.29, 0.717) is 16.8 Å². The Hall–Kier alpha value is -3.13. The van der Waals surface area contributed by atoms with E-state index in [2.05, 4.69) is 12.2 Å². The maximum absolute atomic E-state index is 12.0. The van der Waals surface area contributed by atoms with Crippen LogP contribution in [0.25, 0.3) is 0 Å². The molecule has 0 aliphatic rings. The summed E-state index contributed by atoms with van der Waals surface area (Å²) in [6.07, 6.45) is 3.27. The zero-order chi connectivity index (χ0) is 18.8. The Kier molecular flexibility index (Phi) is 7.38. The lowest BCUT2D eigenvalue weighted by Crippen LogP contribution is -2.16. The van der Waals surface area contributed by atoms with Crippen molar-refractivity contribution < 1.29 is 14.3 Å². The second-order valence-electron chi connectivity index (χ2n) is 5.89. The molecule has 134 valence electrons. The van der Waals surface area contributed by atoms with E-state index >= 15 is 0 Å². The van der Waals surface area contributed by atoms with Gasteiger partial charge in [-0.05, 0) is 42.7 Å². The molecule has 1 amide bonds. The number of hydrogen-bond acceptors (Lipinski definition) is 4. The van der Waals surface area contributed by atoms with Crippen LogP contribution in [0.4, 0.5) is 5.69 Å². The molecule has 0 spiro atoms. The van der Waals surface area contributed by atoms with Gasteiger partial charge in [-0.15, -0.1) is 0 Å². The maximum atomic E-state index is 12.0. The molecule has 1 N–H and O–H groups in total. The van der Waals surface area contributed by atoms with Crippen LogP contribution in [0.15, 0.2) is 48.5 Å². The number of benzene rings is 2. The highest BCUT2D eigenvalue weighted by atomic mass is 16.5. The van der Waals surface area contributed by atoms with Gasteiger partial charge in [0.05, 0.1) is 23.2 Å². The van der Waals surface area contributed by atoms with Crippen molar-refractivity contribution in [3.8, 4) is 6.07 Å². The normalized spacial score (nSPS) is 10.0. The van der Waals surface area contributed by atoms with Crippen LogP contribution in [0.5, 0.6) is 0 Å². The number of nitrogens with zero attached hydrogens (tertiary/aromatic N) is 1. The summed E-state index contributed by atoms with van der Waals surface area (Å²) in [5, 5.41) is 11.7. The molecule has 0 saturated heterocycles. The number of carbonyl (C=O) groups excluding carboxylic acids is 2. The topological polar surface area (TPSA) is 79.2 Å². The highest BCUT2D eigenvalue weighted by molar-refractivity contribution is 5.93. The molecular weight excluding hydrogens is 328 g/mol. The molecule has 0 fully saturated rings. The van der Waals surface area contributed by atoms with Crippen LogP contribution in [0.1, 0.15) is 47.7 Å². The average Bonchev–Trinajstić information content (AvgIpc) is 2.67. The highest BCUT2D eigenvalue weighted by Gasteiger charge is 2.10. The quantitative estimate of drug-likeness (QED) is 0.727. The van der Waals surface area contributed by atoms with Crippen LogP contribution in [-0.4, -0.2) is 18.5 Å². The molecule has 0 aliphatic carbocycles. The van der Waals surface area contributed by atoms with Gasteiger partial charge in [-0.2, -0.15) is 5.26 Å². The second kappa shape index (κ2) is 10.00. The van der Waals surface area contributed by atoms with Crippen molar-refractivity contribution in [2.45, 2.75) is 32.6 Å². The third-order valence-corrected chi connectivity index (χ3v) is 3.89. The van der Waals surface area contributed by atoms with E-state index in [4.69, 9.17) is 10.00 Å². The minimum Gasteiger partial charge on any atom is -0.462 e. The lowest BCUT2D eigenvalue weighted by Gasteiger charge is -2.08. The minimum absolute atomic E-state index is 0.0169. The number of nitriles is 1. The summed E-state index contributed by atoms with van der Waals surface area (Å²) < 4.78 is 5.15. The summed E-state index contributed by atoms with van der Waals surface area (Å²) in [5.41, 5.74) is 2.51. The van der Waals surface area contributed by atoms with Crippen molar-refractivity contribution in [3.05, 3.63) is 65.2 Å². The number of para-hydroxylation sites is 1. The van der Waals surface area contributed by atoms with Crippen LogP contribution in [-0.2, 0) is 16.0 Å². The Bertz CT molecular complexity index is 792. The molecule has 0 unspecified atom stereocenters. The highest BCUT2D eigenvalue weighted by Crippen LogP contribution is 2.14. The zero-order valence-electron chi connectivity index (χ0n) is 14.8. The molecule has 2 aromatic rings. The fraction of sp³-hybridized carbons (Fsp3) is 0.286. The van der Waals surface area contributed by atoms with E-state index in [9.17, 15) is 9.59 Å². The van der Waals surface area contributed by atoms with E-state index < -0.39 is 5.97 Å². The van der Waals surface area contributed by atoms with Gasteiger partial charge in [0, 0.05) is 0 Å². The number of nitrogens with one attached hydrogen (secondary N) is 1. The summed E-state index contributed by atoms with van der Waals surface area (Å²) in [6, 6.07) is 16.1. The molecule has 0 heterocycles. The number of hydrogen-bond donors (Lipinski definition) is 1. The Balaban J connectivity index is 1.79. The Morgan fingerprint density at radius 2 is 1.85 bits per heavy atom. The SMILES string of the molecule is CCCCc1ccc(C(=O)OCCC(=O)Nc2ccccc2C#N)cc1. The molecule has 26 heavy (non-hydrogen) atoms. The van der Waals surface area contributed by atoms with E-state index in [-0.39, 0.29) is 18.9 Å². The van der Waals surface area contributed by atoms with Crippen LogP contribution in [0.2, 0.25) is 0 Å². The lowest BCUT2D eigenvalue weighted by molar-refractivity contribution is -0.116. The summed E-state index contributed by atoms with van der Waals surface area (Å²) in [7, 11) is 0. The predicted molar refractivity (Wildman–Crippen MR) is 99.7 cm³/mol. The first kappa shape index (κ1) is 19.2. The second-order valence-corrected chi connectivity index (χ2v) is 5.89. The molecule has 2 rings (SSSR count). The average molecular weight is 350 g/mol. The first-order chi connectivity index (χ1) is 12.6. The van der Waals surface area contributed by atoms with E-state index in [1.54, 1.807) is 36.4 Å². The third kappa shape index (κ3) is 5.75. The summed E-state index contributed by atoms with van der Waals surface area (Å²) in [5.74, 6) is -0.757. The van der Waals surface area contributed by atoms with E-state index in [1.165, 1.54) is 5.56 Å². The van der Waals surface area contributed by atoms with Crippen molar-refractivity contribution in [3.63, 3.8) is 0 Å². The third-order valence-electron chi connectivity index (χ3n) is 3.89. The van der Waals surface area contributed by atoms with Crippen LogP contribution >= 0.6 is 0 Å². The summed E-state index contributed by atoms with van der Waals surface area (Å²) >= 11 is 0. The monoisotopic (exact) mass is 350 g/mol. The molecule has 5 nitrogen and oxygen atoms in total. The molecule has 0 aromatic heterocycles. The molecule has 0 atom stereocenters. The molecular formula is C21H22N2O3. The number of carbonyl (C=O) groups is 2. The number of aryl methyl sites for hydroxylation is 1. The lowest BCUT2D eigenvalue weighted by atomic mass is 10.1. The van der Waals surface area contributed by atoms with E-state index in [1.807, 2.05) is 18.2 Å². The van der Waals surface area contributed by atoms with Crippen molar-refractivity contribution in [2.24, 2.45) is 0 Å². The molecule has 2 aromatic carbocycles. The first-order valence-electron chi connectivity index (χ1n) is 8.69. The largest absolute Gasteiger partial charge is 0.462 e. The number of anilines is 1. The summed E-state index contributed by atoms with van der Waals surface area (Å²) in [6.45, 7) is 2.12. The minimum atomic E-state index is -0.447. The van der Waals surface area contributed by atoms with Gasteiger partial charge in [0.2, 0.25) is 5.91 Å². The van der Waals surface area contributed by atoms with Crippen molar-refractivity contribution in [1.29, 1.82) is 5.26 Å². The molecule has 0 bridgehead atoms. The molecule has 0 saturated carbocycles. The molecule has 5 heteroatoms. The summed E-state index contributed by atoms with van der Waals surface area (Å²) in [4.78, 5) is 23.9. The smallest absolute Gasteiger partial charge is 0.338 e. The molecule has 0 radical (unpaired) electrons. The number of ether oxygens (including phenoxy) is 1. The van der Waals surface area contributed by atoms with Crippen molar-refractivity contribution >= 4 is 17.6 Å². The van der Waals surface area contributed by atoms with Crippen LogP contribution in [0, 0.1) is 11.3 Å². The Labute approximate surface area is 153 Å². The van der Waals surface area contributed by atoms with Gasteiger partial charge in [0.1, 0.15) is 12.7 Å². The fourth-order valence-electron chi connectivity index (χ4n) is 2.41. The number of unbranched alkanes of at least 4 members (excludes halogenated alkanes) is 1. The van der Waals surface area contributed by atoms with Crippen molar-refractivity contribution in [2.75, 3.05) is 11.9 Å². The van der Waals surface area contributed by atoms with Gasteiger partial charge in [-0.3, -0.25) is 4.79 Å². The van der Waals surface area contributed by atoms with Gasteiger partial charge < -0.3 is 10.1 Å². The number of esters is 1. The predicted octanol–water partition coefficient (Wildman–Crippen LogP) is 4.09. The number of amides is 1. The van der Waals surface area contributed by atoms with E-state index in [0.717, 1.165) is 19.3 Å². The van der Waals surface area contributed by atoms with Crippen LogP contribution < -0.4 is 5.32 Å². The molecule has 0 aliphatic heterocycles. The van der Waals surface area contributed by atoms with Gasteiger partial charge in [-0.1, -0.05) is 37.6 Å². The van der Waals surface area contributed by atoms with Gasteiger partial charge in [0.15, 0.2) is 0 Å². The van der Waals surface area contributed by atoms with Crippen molar-refractivity contribution in [1.82, 2.24) is 0 Å². The van der Waals surface area contributed by atoms with Gasteiger partial charge in [-0.25, -0.2) is 4.79 Å². The Morgan fingerprint density at radius 1 is 1.12 bits per heavy atom.